The quantitative estimate of drug-likeness (QED) is 0.945. The molecule has 1 atom stereocenters. The average Bonchev–Trinajstić information content (AvgIpc) is 2.98. The highest BCUT2D eigenvalue weighted by Crippen LogP contribution is 2.24. The summed E-state index contributed by atoms with van der Waals surface area (Å²) in [5.41, 5.74) is 1.21. The highest BCUT2D eigenvalue weighted by Gasteiger charge is 2.31. The Morgan fingerprint density at radius 3 is 2.80 bits per heavy atom. The number of benzene rings is 1. The van der Waals surface area contributed by atoms with Crippen LogP contribution in [0.4, 0.5) is 0 Å². The summed E-state index contributed by atoms with van der Waals surface area (Å²) in [4.78, 5) is 6.67. The van der Waals surface area contributed by atoms with E-state index >= 15 is 0 Å². The Morgan fingerprint density at radius 2 is 2.15 bits per heavy atom. The third-order valence-electron chi connectivity index (χ3n) is 3.56. The third kappa shape index (κ3) is 3.03. The number of rotatable bonds is 3. The molecule has 0 spiro atoms. The van der Waals surface area contributed by atoms with Gasteiger partial charge >= 0.3 is 0 Å². The maximum absolute atomic E-state index is 9.95. The molecule has 1 fully saturated rings. The second-order valence-electron chi connectivity index (χ2n) is 5.61. The molecular weight excluding hydrogens is 276 g/mol. The standard InChI is InChI=1S/C15H17ClN2O2/c1-15(19)6-7-18(10-15)8-13-9-20-14(17-13)11-2-4-12(16)5-3-11/h2-5,9,19H,6-8,10H2,1H3. The van der Waals surface area contributed by atoms with Gasteiger partial charge in [-0.1, -0.05) is 11.6 Å². The number of aromatic nitrogens is 1. The summed E-state index contributed by atoms with van der Waals surface area (Å²) >= 11 is 5.86. The maximum atomic E-state index is 9.95. The summed E-state index contributed by atoms with van der Waals surface area (Å²) in [7, 11) is 0. The molecule has 0 saturated carbocycles. The Bertz CT molecular complexity index is 592. The Kier molecular flexibility index (Phi) is 3.54. The minimum Gasteiger partial charge on any atom is -0.444 e. The van der Waals surface area contributed by atoms with E-state index in [-0.39, 0.29) is 0 Å². The van der Waals surface area contributed by atoms with Crippen molar-refractivity contribution in [1.82, 2.24) is 9.88 Å². The monoisotopic (exact) mass is 292 g/mol. The first-order valence-electron chi connectivity index (χ1n) is 6.67. The van der Waals surface area contributed by atoms with Crippen LogP contribution in [0, 0.1) is 0 Å². The molecule has 1 aromatic carbocycles. The lowest BCUT2D eigenvalue weighted by atomic mass is 10.1. The molecule has 1 aliphatic rings. The molecule has 1 saturated heterocycles. The molecule has 20 heavy (non-hydrogen) atoms. The van der Waals surface area contributed by atoms with E-state index in [0.717, 1.165) is 24.2 Å². The van der Waals surface area contributed by atoms with E-state index in [1.807, 2.05) is 31.2 Å². The summed E-state index contributed by atoms with van der Waals surface area (Å²) in [5, 5.41) is 10.6. The fraction of sp³-hybridized carbons (Fsp3) is 0.400. The molecule has 0 bridgehead atoms. The minimum atomic E-state index is -0.581. The predicted molar refractivity (Wildman–Crippen MR) is 77.5 cm³/mol. The van der Waals surface area contributed by atoms with Gasteiger partial charge in [0.15, 0.2) is 0 Å². The topological polar surface area (TPSA) is 49.5 Å². The van der Waals surface area contributed by atoms with Crippen molar-refractivity contribution in [3.05, 3.63) is 41.2 Å². The van der Waals surface area contributed by atoms with Crippen molar-refractivity contribution >= 4 is 11.6 Å². The van der Waals surface area contributed by atoms with Crippen LogP contribution in [-0.2, 0) is 6.54 Å². The number of oxazole rings is 1. The van der Waals surface area contributed by atoms with Gasteiger partial charge in [-0.3, -0.25) is 4.90 Å². The van der Waals surface area contributed by atoms with Crippen molar-refractivity contribution in [1.29, 1.82) is 0 Å². The van der Waals surface area contributed by atoms with E-state index in [2.05, 4.69) is 9.88 Å². The fourth-order valence-electron chi connectivity index (χ4n) is 2.51. The summed E-state index contributed by atoms with van der Waals surface area (Å²) in [6.45, 7) is 4.13. The smallest absolute Gasteiger partial charge is 0.226 e. The molecule has 2 aromatic rings. The summed E-state index contributed by atoms with van der Waals surface area (Å²) in [5.74, 6) is 0.600. The Balaban J connectivity index is 1.70. The molecule has 106 valence electrons. The molecule has 3 rings (SSSR count). The largest absolute Gasteiger partial charge is 0.444 e. The number of hydrogen-bond acceptors (Lipinski definition) is 4. The fourth-order valence-corrected chi connectivity index (χ4v) is 2.63. The zero-order chi connectivity index (χ0) is 14.2. The molecule has 1 N–H and O–H groups in total. The maximum Gasteiger partial charge on any atom is 0.226 e. The predicted octanol–water partition coefficient (Wildman–Crippen LogP) is 2.95. The van der Waals surface area contributed by atoms with Gasteiger partial charge in [0.25, 0.3) is 0 Å². The van der Waals surface area contributed by atoms with Crippen LogP contribution in [-0.4, -0.2) is 33.7 Å². The number of β-amino-alcohol motifs (C(OH)–C–C–N with tert-alkyl or cyclic N) is 1. The SMILES string of the molecule is CC1(O)CCN(Cc2coc(-c3ccc(Cl)cc3)n2)C1. The molecule has 0 aliphatic carbocycles. The first kappa shape index (κ1) is 13.6. The van der Waals surface area contributed by atoms with E-state index in [9.17, 15) is 5.11 Å². The van der Waals surface area contributed by atoms with Crippen molar-refractivity contribution in [3.63, 3.8) is 0 Å². The van der Waals surface area contributed by atoms with Gasteiger partial charge in [-0.2, -0.15) is 0 Å². The summed E-state index contributed by atoms with van der Waals surface area (Å²) < 4.78 is 5.51. The van der Waals surface area contributed by atoms with E-state index < -0.39 is 5.60 Å². The molecule has 5 heteroatoms. The van der Waals surface area contributed by atoms with Crippen LogP contribution in [0.5, 0.6) is 0 Å². The molecule has 4 nitrogen and oxygen atoms in total. The zero-order valence-corrected chi connectivity index (χ0v) is 12.1. The molecule has 1 aromatic heterocycles. The normalized spacial score (nSPS) is 23.4. The second kappa shape index (κ2) is 5.20. The first-order valence-corrected chi connectivity index (χ1v) is 7.05. The molecular formula is C15H17ClN2O2. The lowest BCUT2D eigenvalue weighted by Gasteiger charge is -2.17. The lowest BCUT2D eigenvalue weighted by molar-refractivity contribution is 0.0677. The minimum absolute atomic E-state index is 0.581. The highest BCUT2D eigenvalue weighted by atomic mass is 35.5. The van der Waals surface area contributed by atoms with Crippen LogP contribution < -0.4 is 0 Å². The molecule has 2 heterocycles. The Morgan fingerprint density at radius 1 is 1.40 bits per heavy atom. The van der Waals surface area contributed by atoms with Crippen LogP contribution in [0.3, 0.4) is 0 Å². The van der Waals surface area contributed by atoms with E-state index in [4.69, 9.17) is 16.0 Å². The highest BCUT2D eigenvalue weighted by molar-refractivity contribution is 6.30. The van der Waals surface area contributed by atoms with Crippen molar-refractivity contribution in [2.75, 3.05) is 13.1 Å². The second-order valence-corrected chi connectivity index (χ2v) is 6.04. The van der Waals surface area contributed by atoms with Crippen molar-refractivity contribution < 1.29 is 9.52 Å². The van der Waals surface area contributed by atoms with Gasteiger partial charge in [-0.15, -0.1) is 0 Å². The van der Waals surface area contributed by atoms with E-state index in [1.54, 1.807) is 6.26 Å². The van der Waals surface area contributed by atoms with Crippen molar-refractivity contribution in [3.8, 4) is 11.5 Å². The van der Waals surface area contributed by atoms with Gasteiger partial charge in [-0.05, 0) is 37.6 Å². The summed E-state index contributed by atoms with van der Waals surface area (Å²) in [6.07, 6.45) is 2.48. The van der Waals surface area contributed by atoms with Crippen LogP contribution in [0.2, 0.25) is 5.02 Å². The third-order valence-corrected chi connectivity index (χ3v) is 3.81. The number of halogens is 1. The zero-order valence-electron chi connectivity index (χ0n) is 11.3. The van der Waals surface area contributed by atoms with Gasteiger partial charge in [-0.25, -0.2) is 4.98 Å². The van der Waals surface area contributed by atoms with Crippen LogP contribution in [0.1, 0.15) is 19.0 Å². The molecule has 0 amide bonds. The summed E-state index contributed by atoms with van der Waals surface area (Å²) in [6, 6.07) is 7.41. The van der Waals surface area contributed by atoms with Gasteiger partial charge in [0.05, 0.1) is 11.3 Å². The van der Waals surface area contributed by atoms with E-state index in [1.165, 1.54) is 0 Å². The van der Waals surface area contributed by atoms with Crippen LogP contribution in [0.25, 0.3) is 11.5 Å². The van der Waals surface area contributed by atoms with Crippen molar-refractivity contribution in [2.45, 2.75) is 25.5 Å². The van der Waals surface area contributed by atoms with Crippen LogP contribution >= 0.6 is 11.6 Å². The molecule has 0 radical (unpaired) electrons. The Hall–Kier alpha value is -1.36. The number of aliphatic hydroxyl groups is 1. The van der Waals surface area contributed by atoms with Crippen molar-refractivity contribution in [2.24, 2.45) is 0 Å². The molecule has 1 unspecified atom stereocenters. The van der Waals surface area contributed by atoms with Gasteiger partial charge in [0.2, 0.25) is 5.89 Å². The van der Waals surface area contributed by atoms with Gasteiger partial charge in [0.1, 0.15) is 6.26 Å². The first-order chi connectivity index (χ1) is 9.52. The van der Waals surface area contributed by atoms with Gasteiger partial charge in [0, 0.05) is 30.2 Å². The lowest BCUT2D eigenvalue weighted by Crippen LogP contribution is -2.29. The number of nitrogens with zero attached hydrogens (tertiary/aromatic N) is 2. The number of hydrogen-bond donors (Lipinski definition) is 1. The average molecular weight is 293 g/mol. The molecule has 1 aliphatic heterocycles. The van der Waals surface area contributed by atoms with Crippen LogP contribution in [0.15, 0.2) is 34.9 Å². The van der Waals surface area contributed by atoms with E-state index in [0.29, 0.717) is 24.0 Å². The number of likely N-dealkylation sites (tertiary alicyclic amines) is 1. The van der Waals surface area contributed by atoms with Gasteiger partial charge < -0.3 is 9.52 Å². The Labute approximate surface area is 123 Å².